The van der Waals surface area contributed by atoms with Gasteiger partial charge in [0, 0.05) is 49.4 Å². The Labute approximate surface area is 266 Å². The maximum Gasteiger partial charge on any atom is 0.287 e. The first-order valence-electron chi connectivity index (χ1n) is 15.5. The maximum atomic E-state index is 13.4. The number of phenolic OH excluding ortho intramolecular Hbond substituents is 1. The van der Waals surface area contributed by atoms with Crippen molar-refractivity contribution in [2.45, 2.75) is 51.1 Å². The van der Waals surface area contributed by atoms with E-state index in [1.165, 1.54) is 11.6 Å². The molecule has 1 aromatic heterocycles. The van der Waals surface area contributed by atoms with Gasteiger partial charge >= 0.3 is 0 Å². The third-order valence-electron chi connectivity index (χ3n) is 8.60. The zero-order chi connectivity index (χ0) is 31.3. The molecule has 0 radical (unpaired) electrons. The van der Waals surface area contributed by atoms with Crippen LogP contribution >= 0.6 is 11.6 Å². The molecule has 6 rings (SSSR count). The number of hydrogen-bond donors (Lipinski definition) is 2. The molecular weight excluding hydrogens is 590 g/mol. The van der Waals surface area contributed by atoms with Crippen molar-refractivity contribution in [2.75, 3.05) is 24.5 Å². The number of phenols is 1. The molecule has 0 unspecified atom stereocenters. The van der Waals surface area contributed by atoms with Gasteiger partial charge in [-0.15, -0.1) is 0 Å². The lowest BCUT2D eigenvalue weighted by atomic mass is 9.97. The monoisotopic (exact) mass is 625 g/mol. The molecule has 45 heavy (non-hydrogen) atoms. The van der Waals surface area contributed by atoms with Gasteiger partial charge in [-0.25, -0.2) is 0 Å². The molecular formula is C36H36ClN3O5. The van der Waals surface area contributed by atoms with Gasteiger partial charge in [0.25, 0.3) is 5.91 Å². The van der Waals surface area contributed by atoms with Crippen LogP contribution in [0.1, 0.15) is 53.8 Å². The minimum Gasteiger partial charge on any atom is -0.504 e. The minimum atomic E-state index is -0.535. The summed E-state index contributed by atoms with van der Waals surface area (Å²) < 4.78 is 5.70. The van der Waals surface area contributed by atoms with Gasteiger partial charge in [-0.1, -0.05) is 59.6 Å². The van der Waals surface area contributed by atoms with Crippen LogP contribution in [0.3, 0.4) is 0 Å². The summed E-state index contributed by atoms with van der Waals surface area (Å²) in [4.78, 5) is 42.9. The van der Waals surface area contributed by atoms with Crippen LogP contribution in [0.25, 0.3) is 11.0 Å². The molecule has 4 aromatic rings. The Hall–Kier alpha value is -4.56. The van der Waals surface area contributed by atoms with Gasteiger partial charge < -0.3 is 24.6 Å². The molecule has 9 heteroatoms. The van der Waals surface area contributed by atoms with Gasteiger partial charge in [-0.3, -0.25) is 14.4 Å². The first kappa shape index (κ1) is 30.5. The molecule has 2 N–H and O–H groups in total. The number of carbonyl (C=O) groups excluding carboxylic acids is 2. The molecule has 1 atom stereocenters. The van der Waals surface area contributed by atoms with E-state index in [0.29, 0.717) is 24.4 Å². The van der Waals surface area contributed by atoms with E-state index in [2.05, 4.69) is 28.4 Å². The standard InChI is InChI=1S/C36H36ClN3O5/c37-27-13-11-24(12-14-27)20-28(38-36(44)33-22-32(42)29-7-5-9-31(41)35(29)45-33)21-25-15-18-39(19-16-25)30-8-2-1-6-26(30)23-40-17-4-3-10-34(40)43/h1-2,5-9,11-14,21-22,28,41H,3-4,10,15-20,23H2,(H,38,44)/t28-/m0/s1. The van der Waals surface area contributed by atoms with E-state index in [1.54, 1.807) is 12.1 Å². The number of benzene rings is 3. The Balaban J connectivity index is 1.19. The second-order valence-corrected chi connectivity index (χ2v) is 12.2. The molecule has 232 valence electrons. The fraction of sp³-hybridized carbons (Fsp3) is 0.306. The number of rotatable bonds is 8. The van der Waals surface area contributed by atoms with Crippen molar-refractivity contribution in [3.63, 3.8) is 0 Å². The van der Waals surface area contributed by atoms with E-state index in [0.717, 1.165) is 68.2 Å². The zero-order valence-electron chi connectivity index (χ0n) is 25.0. The topological polar surface area (TPSA) is 103 Å². The third-order valence-corrected chi connectivity index (χ3v) is 8.85. The number of para-hydroxylation sites is 2. The van der Waals surface area contributed by atoms with Crippen LogP contribution < -0.4 is 15.6 Å². The first-order chi connectivity index (χ1) is 21.8. The van der Waals surface area contributed by atoms with E-state index < -0.39 is 11.3 Å². The quantitative estimate of drug-likeness (QED) is 0.225. The van der Waals surface area contributed by atoms with E-state index in [9.17, 15) is 19.5 Å². The summed E-state index contributed by atoms with van der Waals surface area (Å²) in [5, 5.41) is 14.1. The Bertz CT molecular complexity index is 1790. The second kappa shape index (κ2) is 13.6. The van der Waals surface area contributed by atoms with Gasteiger partial charge in [0.2, 0.25) is 5.91 Å². The number of likely N-dealkylation sites (tertiary alicyclic amines) is 1. The summed E-state index contributed by atoms with van der Waals surface area (Å²) in [6.07, 6.45) is 6.92. The smallest absolute Gasteiger partial charge is 0.287 e. The minimum absolute atomic E-state index is 0.0138. The number of aromatic hydroxyl groups is 1. The van der Waals surface area contributed by atoms with Crippen LogP contribution in [-0.4, -0.2) is 47.5 Å². The molecule has 0 spiro atoms. The lowest BCUT2D eigenvalue weighted by molar-refractivity contribution is -0.133. The van der Waals surface area contributed by atoms with Crippen molar-refractivity contribution in [3.05, 3.63) is 117 Å². The summed E-state index contributed by atoms with van der Waals surface area (Å²) in [7, 11) is 0. The molecule has 3 aromatic carbocycles. The Morgan fingerprint density at radius 1 is 0.956 bits per heavy atom. The molecule has 2 saturated heterocycles. The van der Waals surface area contributed by atoms with Crippen LogP contribution in [0.15, 0.2) is 93.7 Å². The van der Waals surface area contributed by atoms with Crippen molar-refractivity contribution in [3.8, 4) is 5.75 Å². The van der Waals surface area contributed by atoms with Crippen molar-refractivity contribution < 1.29 is 19.1 Å². The highest BCUT2D eigenvalue weighted by Crippen LogP contribution is 2.29. The highest BCUT2D eigenvalue weighted by atomic mass is 35.5. The number of fused-ring (bicyclic) bond motifs is 1. The lowest BCUT2D eigenvalue weighted by Gasteiger charge is -2.34. The van der Waals surface area contributed by atoms with Crippen molar-refractivity contribution in [1.82, 2.24) is 10.2 Å². The van der Waals surface area contributed by atoms with E-state index in [4.69, 9.17) is 16.0 Å². The first-order valence-corrected chi connectivity index (χ1v) is 15.8. The summed E-state index contributed by atoms with van der Waals surface area (Å²) in [6.45, 7) is 3.07. The van der Waals surface area contributed by atoms with Gasteiger partial charge in [-0.05, 0) is 73.6 Å². The van der Waals surface area contributed by atoms with Crippen molar-refractivity contribution in [1.29, 1.82) is 0 Å². The molecule has 8 nitrogen and oxygen atoms in total. The molecule has 3 heterocycles. The van der Waals surface area contributed by atoms with Crippen LogP contribution in [0, 0.1) is 0 Å². The molecule has 0 bridgehead atoms. The average Bonchev–Trinajstić information content (AvgIpc) is 3.04. The number of anilines is 1. The average molecular weight is 626 g/mol. The van der Waals surface area contributed by atoms with Crippen molar-refractivity contribution in [2.24, 2.45) is 0 Å². The van der Waals surface area contributed by atoms with Crippen molar-refractivity contribution >= 4 is 40.1 Å². The number of nitrogens with zero attached hydrogens (tertiary/aromatic N) is 2. The van der Waals surface area contributed by atoms with Crippen LogP contribution in [0.2, 0.25) is 5.02 Å². The van der Waals surface area contributed by atoms with Crippen LogP contribution in [0.4, 0.5) is 5.69 Å². The van der Waals surface area contributed by atoms with E-state index in [1.807, 2.05) is 41.3 Å². The van der Waals surface area contributed by atoms with Gasteiger partial charge in [0.05, 0.1) is 11.4 Å². The predicted molar refractivity (Wildman–Crippen MR) is 176 cm³/mol. The summed E-state index contributed by atoms with van der Waals surface area (Å²) in [5.74, 6) is -0.665. The molecule has 2 fully saturated rings. The fourth-order valence-electron chi connectivity index (χ4n) is 6.21. The third kappa shape index (κ3) is 7.23. The van der Waals surface area contributed by atoms with Gasteiger partial charge in [-0.2, -0.15) is 0 Å². The van der Waals surface area contributed by atoms with E-state index >= 15 is 0 Å². The number of halogens is 1. The SMILES string of the molecule is O=C(N[C@H](C=C1CCN(c2ccccc2CN2CCCCC2=O)CC1)Cc1ccc(Cl)cc1)c1cc(=O)c2cccc(O)c2o1. The predicted octanol–water partition coefficient (Wildman–Crippen LogP) is 6.23. The fourth-order valence-corrected chi connectivity index (χ4v) is 6.34. The number of piperidine rings is 2. The molecule has 0 aliphatic carbocycles. The number of nitrogens with one attached hydrogen (secondary N) is 1. The highest BCUT2D eigenvalue weighted by Gasteiger charge is 2.23. The number of hydrogen-bond acceptors (Lipinski definition) is 6. The molecule has 0 saturated carbocycles. The Morgan fingerprint density at radius 2 is 1.73 bits per heavy atom. The van der Waals surface area contributed by atoms with Gasteiger partial charge in [0.1, 0.15) is 0 Å². The summed E-state index contributed by atoms with van der Waals surface area (Å²) in [5.41, 5.74) is 4.14. The summed E-state index contributed by atoms with van der Waals surface area (Å²) >= 11 is 6.11. The largest absolute Gasteiger partial charge is 0.504 e. The Morgan fingerprint density at radius 3 is 2.51 bits per heavy atom. The molecule has 2 aliphatic rings. The van der Waals surface area contributed by atoms with Gasteiger partial charge in [0.15, 0.2) is 22.5 Å². The second-order valence-electron chi connectivity index (χ2n) is 11.8. The maximum absolute atomic E-state index is 13.4. The zero-order valence-corrected chi connectivity index (χ0v) is 25.8. The normalized spacial score (nSPS) is 16.1. The molecule has 2 amide bonds. The van der Waals surface area contributed by atoms with Crippen LogP contribution in [-0.2, 0) is 17.8 Å². The summed E-state index contributed by atoms with van der Waals surface area (Å²) in [6, 6.07) is 21.2. The highest BCUT2D eigenvalue weighted by molar-refractivity contribution is 6.30. The van der Waals surface area contributed by atoms with E-state index in [-0.39, 0.29) is 34.4 Å². The molecule has 2 aliphatic heterocycles. The number of carbonyl (C=O) groups is 2. The lowest BCUT2D eigenvalue weighted by Crippen LogP contribution is -2.37. The number of amides is 2. The van der Waals surface area contributed by atoms with Crippen LogP contribution in [0.5, 0.6) is 5.75 Å². The Kier molecular flexibility index (Phi) is 9.21.